The second kappa shape index (κ2) is 8.45. The first-order valence-electron chi connectivity index (χ1n) is 8.74. The van der Waals surface area contributed by atoms with Crippen LogP contribution in [0.15, 0.2) is 42.5 Å². The van der Waals surface area contributed by atoms with Crippen molar-refractivity contribution >= 4 is 32.6 Å². The molecule has 3 aromatic rings. The molecule has 7 heteroatoms. The summed E-state index contributed by atoms with van der Waals surface area (Å²) in [6, 6.07) is 11.7. The van der Waals surface area contributed by atoms with Crippen LogP contribution < -0.4 is 14.5 Å². The first-order chi connectivity index (χ1) is 13.0. The van der Waals surface area contributed by atoms with Gasteiger partial charge in [-0.15, -0.1) is 0 Å². The molecule has 0 spiro atoms. The zero-order valence-electron chi connectivity index (χ0n) is 15.7. The van der Waals surface area contributed by atoms with Gasteiger partial charge in [-0.25, -0.2) is 9.37 Å². The minimum atomic E-state index is -0.306. The molecule has 0 atom stereocenters. The molecular weight excluding hydrogens is 365 g/mol. The number of likely N-dealkylation sites (N-methyl/N-ethyl adjacent to an activating group) is 1. The third kappa shape index (κ3) is 4.81. The highest BCUT2D eigenvalue weighted by atomic mass is 32.1. The van der Waals surface area contributed by atoms with E-state index in [1.807, 2.05) is 32.3 Å². The molecule has 3 rings (SSSR count). The Hall–Kier alpha value is -2.51. The molecule has 0 fully saturated rings. The standard InChI is InChI=1S/C20H22FN3O2S/c1-23(2)10-11-24(19(25)12-14-4-6-15(21)7-5-14)20-22-17-9-8-16(26-3)13-18(17)27-20/h4-9,13H,10-12H2,1-3H3/p+1. The minimum Gasteiger partial charge on any atom is -0.497 e. The Labute approximate surface area is 162 Å². The van der Waals surface area contributed by atoms with Gasteiger partial charge in [0.1, 0.15) is 11.6 Å². The highest BCUT2D eigenvalue weighted by molar-refractivity contribution is 7.22. The summed E-state index contributed by atoms with van der Waals surface area (Å²) in [5.41, 5.74) is 1.62. The van der Waals surface area contributed by atoms with Gasteiger partial charge in [-0.2, -0.15) is 0 Å². The van der Waals surface area contributed by atoms with Crippen LogP contribution >= 0.6 is 11.3 Å². The summed E-state index contributed by atoms with van der Waals surface area (Å²) in [5.74, 6) is 0.410. The van der Waals surface area contributed by atoms with Crippen LogP contribution in [0.25, 0.3) is 10.2 Å². The van der Waals surface area contributed by atoms with Crippen molar-refractivity contribution in [2.24, 2.45) is 0 Å². The lowest BCUT2D eigenvalue weighted by atomic mass is 10.1. The second-order valence-electron chi connectivity index (χ2n) is 6.64. The maximum absolute atomic E-state index is 13.1. The van der Waals surface area contributed by atoms with Crippen LogP contribution in [0.2, 0.25) is 0 Å². The van der Waals surface area contributed by atoms with Gasteiger partial charge in [0.05, 0.1) is 50.9 Å². The van der Waals surface area contributed by atoms with Crippen LogP contribution in [-0.4, -0.2) is 45.2 Å². The van der Waals surface area contributed by atoms with E-state index >= 15 is 0 Å². The highest BCUT2D eigenvalue weighted by Crippen LogP contribution is 2.31. The van der Waals surface area contributed by atoms with Gasteiger partial charge in [0.25, 0.3) is 0 Å². The number of rotatable bonds is 7. The summed E-state index contributed by atoms with van der Waals surface area (Å²) < 4.78 is 19.4. The van der Waals surface area contributed by atoms with Gasteiger partial charge in [-0.3, -0.25) is 9.69 Å². The molecule has 1 N–H and O–H groups in total. The average Bonchev–Trinajstić information content (AvgIpc) is 3.06. The summed E-state index contributed by atoms with van der Waals surface area (Å²) in [7, 11) is 5.72. The van der Waals surface area contributed by atoms with Gasteiger partial charge in [0.2, 0.25) is 5.91 Å². The van der Waals surface area contributed by atoms with E-state index in [0.717, 1.165) is 28.1 Å². The Bertz CT molecular complexity index is 925. The molecule has 1 heterocycles. The fourth-order valence-corrected chi connectivity index (χ4v) is 3.71. The van der Waals surface area contributed by atoms with Crippen LogP contribution in [0.4, 0.5) is 9.52 Å². The van der Waals surface area contributed by atoms with Gasteiger partial charge in [0, 0.05) is 0 Å². The smallest absolute Gasteiger partial charge is 0.233 e. The molecule has 0 bridgehead atoms. The zero-order chi connectivity index (χ0) is 19.4. The number of carbonyl (C=O) groups excluding carboxylic acids is 1. The maximum atomic E-state index is 13.1. The molecule has 1 amide bonds. The van der Waals surface area contributed by atoms with E-state index in [1.165, 1.54) is 28.4 Å². The zero-order valence-corrected chi connectivity index (χ0v) is 16.5. The number of nitrogens with one attached hydrogen (secondary N) is 1. The summed E-state index contributed by atoms with van der Waals surface area (Å²) in [4.78, 5) is 20.6. The van der Waals surface area contributed by atoms with Crippen molar-refractivity contribution in [3.8, 4) is 5.75 Å². The van der Waals surface area contributed by atoms with Crippen LogP contribution in [0.3, 0.4) is 0 Å². The first-order valence-corrected chi connectivity index (χ1v) is 9.56. The molecule has 27 heavy (non-hydrogen) atoms. The van der Waals surface area contributed by atoms with Crippen molar-refractivity contribution in [1.82, 2.24) is 4.98 Å². The van der Waals surface area contributed by atoms with Crippen LogP contribution in [0, 0.1) is 5.82 Å². The van der Waals surface area contributed by atoms with Gasteiger partial charge in [0.15, 0.2) is 5.13 Å². The summed E-state index contributed by atoms with van der Waals surface area (Å²) >= 11 is 1.47. The normalized spacial score (nSPS) is 11.1. The number of anilines is 1. The van der Waals surface area contributed by atoms with Gasteiger partial charge < -0.3 is 9.64 Å². The minimum absolute atomic E-state index is 0.0473. The number of aromatic nitrogens is 1. The van der Waals surface area contributed by atoms with E-state index in [-0.39, 0.29) is 18.1 Å². The number of hydrogen-bond donors (Lipinski definition) is 1. The van der Waals surface area contributed by atoms with Crippen molar-refractivity contribution in [2.45, 2.75) is 6.42 Å². The van der Waals surface area contributed by atoms with Crippen molar-refractivity contribution in [1.29, 1.82) is 0 Å². The quantitative estimate of drug-likeness (QED) is 0.675. The molecule has 0 saturated carbocycles. The van der Waals surface area contributed by atoms with E-state index in [1.54, 1.807) is 24.1 Å². The van der Waals surface area contributed by atoms with Crippen LogP contribution in [0.5, 0.6) is 5.75 Å². The fourth-order valence-electron chi connectivity index (χ4n) is 2.67. The third-order valence-electron chi connectivity index (χ3n) is 4.22. The number of amides is 1. The Morgan fingerprint density at radius 2 is 1.96 bits per heavy atom. The second-order valence-corrected chi connectivity index (χ2v) is 7.64. The number of carbonyl (C=O) groups is 1. The topological polar surface area (TPSA) is 46.9 Å². The predicted molar refractivity (Wildman–Crippen MR) is 106 cm³/mol. The monoisotopic (exact) mass is 388 g/mol. The lowest BCUT2D eigenvalue weighted by Crippen LogP contribution is -3.06. The molecular formula is C20H23FN3O2S+. The van der Waals surface area contributed by atoms with E-state index in [0.29, 0.717) is 11.7 Å². The SMILES string of the molecule is COc1ccc2nc(N(CC[NH+](C)C)C(=O)Cc3ccc(F)cc3)sc2c1. The first kappa shape index (κ1) is 19.3. The largest absolute Gasteiger partial charge is 0.497 e. The highest BCUT2D eigenvalue weighted by Gasteiger charge is 2.21. The predicted octanol–water partition coefficient (Wildman–Crippen LogP) is 2.16. The molecule has 0 unspecified atom stereocenters. The van der Waals surface area contributed by atoms with Gasteiger partial charge in [-0.05, 0) is 35.9 Å². The van der Waals surface area contributed by atoms with Crippen molar-refractivity contribution in [2.75, 3.05) is 39.2 Å². The molecule has 0 aliphatic carbocycles. The van der Waals surface area contributed by atoms with Crippen LogP contribution in [-0.2, 0) is 11.2 Å². The van der Waals surface area contributed by atoms with E-state index in [2.05, 4.69) is 4.98 Å². The number of halogens is 1. The van der Waals surface area contributed by atoms with Gasteiger partial charge in [-0.1, -0.05) is 23.5 Å². The molecule has 2 aromatic carbocycles. The summed E-state index contributed by atoms with van der Waals surface area (Å²) in [6.45, 7) is 1.37. The number of nitrogens with zero attached hydrogens (tertiary/aromatic N) is 2. The van der Waals surface area contributed by atoms with Crippen molar-refractivity contribution < 1.29 is 18.8 Å². The van der Waals surface area contributed by atoms with Crippen molar-refractivity contribution in [3.05, 3.63) is 53.8 Å². The summed E-state index contributed by atoms with van der Waals surface area (Å²) in [5, 5.41) is 0.673. The number of hydrogen-bond acceptors (Lipinski definition) is 4. The number of thiazole rings is 1. The number of benzene rings is 2. The fraction of sp³-hybridized carbons (Fsp3) is 0.300. The summed E-state index contributed by atoms with van der Waals surface area (Å²) in [6.07, 6.45) is 0.211. The Morgan fingerprint density at radius 3 is 2.63 bits per heavy atom. The van der Waals surface area contributed by atoms with Crippen LogP contribution in [0.1, 0.15) is 5.56 Å². The molecule has 1 aromatic heterocycles. The maximum Gasteiger partial charge on any atom is 0.233 e. The number of methoxy groups -OCH3 is 1. The van der Waals surface area contributed by atoms with E-state index in [4.69, 9.17) is 4.74 Å². The molecule has 5 nitrogen and oxygen atoms in total. The van der Waals surface area contributed by atoms with Gasteiger partial charge >= 0.3 is 0 Å². The number of quaternary nitrogens is 1. The third-order valence-corrected chi connectivity index (χ3v) is 5.26. The van der Waals surface area contributed by atoms with Crippen molar-refractivity contribution in [3.63, 3.8) is 0 Å². The Morgan fingerprint density at radius 1 is 1.22 bits per heavy atom. The molecule has 0 aliphatic rings. The van der Waals surface area contributed by atoms with E-state index in [9.17, 15) is 9.18 Å². The molecule has 0 saturated heterocycles. The number of ether oxygens (including phenoxy) is 1. The Balaban J connectivity index is 1.87. The molecule has 142 valence electrons. The molecule has 0 aliphatic heterocycles. The molecule has 0 radical (unpaired) electrons. The number of fused-ring (bicyclic) bond motifs is 1. The lowest BCUT2D eigenvalue weighted by Gasteiger charge is -2.20. The van der Waals surface area contributed by atoms with E-state index < -0.39 is 0 Å². The average molecular weight is 388 g/mol. The lowest BCUT2D eigenvalue weighted by molar-refractivity contribution is -0.856. The Kier molecular flexibility index (Phi) is 6.03.